The molecule has 86 valence electrons. The highest BCUT2D eigenvalue weighted by molar-refractivity contribution is 4.72. The predicted octanol–water partition coefficient (Wildman–Crippen LogP) is 3.84. The molecule has 0 aliphatic rings. The number of hydrogen-bond acceptors (Lipinski definition) is 1. The second-order valence-corrected chi connectivity index (χ2v) is 5.47. The normalized spacial score (nSPS) is 14.4. The third-order valence-electron chi connectivity index (χ3n) is 3.00. The van der Waals surface area contributed by atoms with Gasteiger partial charge in [0, 0.05) is 0 Å². The van der Waals surface area contributed by atoms with Gasteiger partial charge >= 0.3 is 0 Å². The van der Waals surface area contributed by atoms with E-state index in [4.69, 9.17) is 0 Å². The van der Waals surface area contributed by atoms with Gasteiger partial charge in [0.05, 0.1) is 0 Å². The molecule has 1 nitrogen and oxygen atoms in total. The molecule has 1 N–H and O–H groups in total. The van der Waals surface area contributed by atoms with Crippen molar-refractivity contribution in [3.63, 3.8) is 0 Å². The van der Waals surface area contributed by atoms with Crippen molar-refractivity contribution in [2.24, 2.45) is 11.3 Å². The van der Waals surface area contributed by atoms with Crippen molar-refractivity contribution in [1.29, 1.82) is 0 Å². The molecule has 0 aromatic carbocycles. The Hall–Kier alpha value is -0.0400. The highest BCUT2D eigenvalue weighted by atomic mass is 14.8. The molecule has 0 saturated carbocycles. The van der Waals surface area contributed by atoms with E-state index >= 15 is 0 Å². The van der Waals surface area contributed by atoms with Crippen LogP contribution in [0.25, 0.3) is 0 Å². The van der Waals surface area contributed by atoms with Crippen molar-refractivity contribution in [3.05, 3.63) is 0 Å². The van der Waals surface area contributed by atoms with E-state index < -0.39 is 0 Å². The summed E-state index contributed by atoms with van der Waals surface area (Å²) in [5.74, 6) is 0.891. The Bertz CT molecular complexity index is 129. The van der Waals surface area contributed by atoms with Crippen molar-refractivity contribution >= 4 is 0 Å². The van der Waals surface area contributed by atoms with Gasteiger partial charge in [0.15, 0.2) is 0 Å². The highest BCUT2D eigenvalue weighted by Gasteiger charge is 2.19. The van der Waals surface area contributed by atoms with Crippen LogP contribution in [0.1, 0.15) is 59.8 Å². The second kappa shape index (κ2) is 7.28. The molecule has 14 heavy (non-hydrogen) atoms. The molecule has 1 atom stereocenters. The molecule has 0 spiro atoms. The van der Waals surface area contributed by atoms with Crippen molar-refractivity contribution < 1.29 is 0 Å². The quantitative estimate of drug-likeness (QED) is 0.626. The number of nitrogens with one attached hydrogen (secondary N) is 1. The lowest BCUT2D eigenvalue weighted by atomic mass is 9.79. The van der Waals surface area contributed by atoms with Gasteiger partial charge in [-0.25, -0.2) is 0 Å². The zero-order valence-corrected chi connectivity index (χ0v) is 10.8. The minimum absolute atomic E-state index is 0.510. The van der Waals surface area contributed by atoms with Gasteiger partial charge in [-0.05, 0) is 37.8 Å². The molecule has 0 bridgehead atoms. The van der Waals surface area contributed by atoms with E-state index in [9.17, 15) is 0 Å². The maximum absolute atomic E-state index is 3.24. The first-order chi connectivity index (χ1) is 6.52. The summed E-state index contributed by atoms with van der Waals surface area (Å²) in [5.41, 5.74) is 0.510. The maximum Gasteiger partial charge on any atom is -0.00468 e. The molecule has 0 fully saturated rings. The van der Waals surface area contributed by atoms with E-state index in [2.05, 4.69) is 33.0 Å². The van der Waals surface area contributed by atoms with Crippen LogP contribution >= 0.6 is 0 Å². The fourth-order valence-electron chi connectivity index (χ4n) is 2.16. The Morgan fingerprint density at radius 3 is 2.43 bits per heavy atom. The first kappa shape index (κ1) is 14.0. The Morgan fingerprint density at radius 1 is 1.29 bits per heavy atom. The average molecular weight is 199 g/mol. The summed E-state index contributed by atoms with van der Waals surface area (Å²) in [6.07, 6.45) is 6.79. The highest BCUT2D eigenvalue weighted by Crippen LogP contribution is 2.30. The van der Waals surface area contributed by atoms with Gasteiger partial charge in [0.25, 0.3) is 0 Å². The van der Waals surface area contributed by atoms with E-state index in [0.717, 1.165) is 12.5 Å². The van der Waals surface area contributed by atoms with Gasteiger partial charge < -0.3 is 5.32 Å². The van der Waals surface area contributed by atoms with Crippen molar-refractivity contribution in [2.75, 3.05) is 13.6 Å². The third kappa shape index (κ3) is 7.37. The molecule has 0 rings (SSSR count). The molecule has 0 saturated heterocycles. The Labute approximate surface area is 90.7 Å². The maximum atomic E-state index is 3.24. The van der Waals surface area contributed by atoms with Gasteiger partial charge in [-0.2, -0.15) is 0 Å². The largest absolute Gasteiger partial charge is 0.320 e. The Morgan fingerprint density at radius 2 is 1.93 bits per heavy atom. The van der Waals surface area contributed by atoms with Crippen LogP contribution in [0.15, 0.2) is 0 Å². The van der Waals surface area contributed by atoms with E-state index in [-0.39, 0.29) is 0 Å². The second-order valence-electron chi connectivity index (χ2n) is 5.47. The number of rotatable bonds is 8. The van der Waals surface area contributed by atoms with Gasteiger partial charge in [-0.15, -0.1) is 0 Å². The monoisotopic (exact) mass is 199 g/mol. The third-order valence-corrected chi connectivity index (χ3v) is 3.00. The molecule has 0 aromatic rings. The molecule has 1 unspecified atom stereocenters. The van der Waals surface area contributed by atoms with E-state index in [0.29, 0.717) is 5.41 Å². The predicted molar refractivity (Wildman–Crippen MR) is 65.6 cm³/mol. The van der Waals surface area contributed by atoms with Gasteiger partial charge in [-0.1, -0.05) is 47.0 Å². The molecular weight excluding hydrogens is 170 g/mol. The standard InChI is InChI=1S/C13H29N/c1-6-7-8-12(2)11-13(3,4)9-10-14-5/h12,14H,6-11H2,1-5H3. The van der Waals surface area contributed by atoms with Gasteiger partial charge in [-0.3, -0.25) is 0 Å². The summed E-state index contributed by atoms with van der Waals surface area (Å²) in [5, 5.41) is 3.24. The van der Waals surface area contributed by atoms with Crippen LogP contribution in [0, 0.1) is 11.3 Å². The molecule has 0 aromatic heterocycles. The Balaban J connectivity index is 3.70. The summed E-state index contributed by atoms with van der Waals surface area (Å²) in [7, 11) is 2.04. The molecule has 1 heteroatoms. The van der Waals surface area contributed by atoms with Crippen LogP contribution in [-0.2, 0) is 0 Å². The SMILES string of the molecule is CCCCC(C)CC(C)(C)CCNC. The van der Waals surface area contributed by atoms with Crippen LogP contribution in [0.5, 0.6) is 0 Å². The van der Waals surface area contributed by atoms with Crippen LogP contribution in [0.3, 0.4) is 0 Å². The van der Waals surface area contributed by atoms with Crippen LogP contribution in [0.4, 0.5) is 0 Å². The van der Waals surface area contributed by atoms with E-state index in [1.165, 1.54) is 32.1 Å². The van der Waals surface area contributed by atoms with E-state index in [1.807, 2.05) is 7.05 Å². The van der Waals surface area contributed by atoms with Crippen molar-refractivity contribution in [2.45, 2.75) is 59.8 Å². The first-order valence-corrected chi connectivity index (χ1v) is 6.16. The summed E-state index contributed by atoms with van der Waals surface area (Å²) in [6, 6.07) is 0. The molecule has 0 aliphatic heterocycles. The molecule has 0 aliphatic carbocycles. The molecule has 0 amide bonds. The lowest BCUT2D eigenvalue weighted by Gasteiger charge is -2.28. The van der Waals surface area contributed by atoms with E-state index in [1.54, 1.807) is 0 Å². The summed E-state index contributed by atoms with van der Waals surface area (Å²) < 4.78 is 0. The topological polar surface area (TPSA) is 12.0 Å². The molecular formula is C13H29N. The number of unbranched alkanes of at least 4 members (excludes halogenated alkanes) is 1. The minimum atomic E-state index is 0.510. The Kier molecular flexibility index (Phi) is 7.26. The summed E-state index contributed by atoms with van der Waals surface area (Å²) in [6.45, 7) is 10.6. The fraction of sp³-hybridized carbons (Fsp3) is 1.00. The van der Waals surface area contributed by atoms with Gasteiger partial charge in [0.2, 0.25) is 0 Å². The minimum Gasteiger partial charge on any atom is -0.320 e. The average Bonchev–Trinajstić information content (AvgIpc) is 2.11. The fourth-order valence-corrected chi connectivity index (χ4v) is 2.16. The number of hydrogen-bond donors (Lipinski definition) is 1. The lowest BCUT2D eigenvalue weighted by Crippen LogP contribution is -2.21. The van der Waals surface area contributed by atoms with Crippen molar-refractivity contribution in [3.8, 4) is 0 Å². The van der Waals surface area contributed by atoms with Crippen molar-refractivity contribution in [1.82, 2.24) is 5.32 Å². The zero-order valence-electron chi connectivity index (χ0n) is 10.8. The smallest absolute Gasteiger partial charge is 0.00468 e. The summed E-state index contributed by atoms with van der Waals surface area (Å²) >= 11 is 0. The van der Waals surface area contributed by atoms with Gasteiger partial charge in [0.1, 0.15) is 0 Å². The molecule has 0 radical (unpaired) electrons. The summed E-state index contributed by atoms with van der Waals surface area (Å²) in [4.78, 5) is 0. The van der Waals surface area contributed by atoms with Crippen LogP contribution < -0.4 is 5.32 Å². The zero-order chi connectivity index (χ0) is 11.0. The van der Waals surface area contributed by atoms with Crippen LogP contribution in [0.2, 0.25) is 0 Å². The molecule has 0 heterocycles. The van der Waals surface area contributed by atoms with Crippen LogP contribution in [-0.4, -0.2) is 13.6 Å². The first-order valence-electron chi connectivity index (χ1n) is 6.16. The lowest BCUT2D eigenvalue weighted by molar-refractivity contribution is 0.246.